The van der Waals surface area contributed by atoms with Gasteiger partial charge in [0.2, 0.25) is 0 Å². The summed E-state index contributed by atoms with van der Waals surface area (Å²) in [6, 6.07) is 24.7. The number of ether oxygens (including phenoxy) is 2. The zero-order chi connectivity index (χ0) is 23.2. The second-order valence-corrected chi connectivity index (χ2v) is 8.96. The van der Waals surface area contributed by atoms with Gasteiger partial charge in [-0.25, -0.2) is 0 Å². The Morgan fingerprint density at radius 3 is 1.25 bits per heavy atom. The van der Waals surface area contributed by atoms with Crippen LogP contribution in [0.15, 0.2) is 72.8 Å². The largest absolute Gasteiger partial charge is 0.491 e. The van der Waals surface area contributed by atoms with Crippen LogP contribution in [0.25, 0.3) is 0 Å². The molecule has 0 saturated carbocycles. The highest BCUT2D eigenvalue weighted by Crippen LogP contribution is 2.40. The lowest BCUT2D eigenvalue weighted by Gasteiger charge is -2.31. The number of benzene rings is 3. The van der Waals surface area contributed by atoms with Gasteiger partial charge < -0.3 is 19.7 Å². The first-order chi connectivity index (χ1) is 15.3. The van der Waals surface area contributed by atoms with E-state index >= 15 is 0 Å². The highest BCUT2D eigenvalue weighted by atomic mass is 16.5. The van der Waals surface area contributed by atoms with Gasteiger partial charge in [0.1, 0.15) is 24.7 Å². The van der Waals surface area contributed by atoms with Gasteiger partial charge in [0.15, 0.2) is 0 Å². The van der Waals surface area contributed by atoms with Crippen LogP contribution in [-0.4, -0.2) is 36.6 Å². The highest BCUT2D eigenvalue weighted by molar-refractivity contribution is 5.49. The summed E-state index contributed by atoms with van der Waals surface area (Å²) in [5.74, 6) is 1.59. The summed E-state index contributed by atoms with van der Waals surface area (Å²) >= 11 is 0. The second kappa shape index (κ2) is 10.2. The van der Waals surface area contributed by atoms with Gasteiger partial charge >= 0.3 is 0 Å². The second-order valence-electron chi connectivity index (χ2n) is 8.96. The molecule has 0 saturated heterocycles. The molecule has 0 atom stereocenters. The maximum absolute atomic E-state index is 9.16. The molecule has 0 bridgehead atoms. The third-order valence-corrected chi connectivity index (χ3v) is 6.15. The highest BCUT2D eigenvalue weighted by Gasteiger charge is 2.29. The topological polar surface area (TPSA) is 58.9 Å². The van der Waals surface area contributed by atoms with Gasteiger partial charge in [-0.15, -0.1) is 0 Å². The quantitative estimate of drug-likeness (QED) is 0.467. The molecule has 0 radical (unpaired) electrons. The number of para-hydroxylation sites is 2. The van der Waals surface area contributed by atoms with E-state index in [1.807, 2.05) is 36.4 Å². The van der Waals surface area contributed by atoms with Crippen molar-refractivity contribution in [1.29, 1.82) is 0 Å². The van der Waals surface area contributed by atoms with E-state index in [0.29, 0.717) is 0 Å². The third kappa shape index (κ3) is 4.98. The average molecular weight is 435 g/mol. The summed E-state index contributed by atoms with van der Waals surface area (Å²) in [4.78, 5) is 0. The van der Waals surface area contributed by atoms with Gasteiger partial charge in [-0.05, 0) is 23.3 Å². The number of rotatable bonds is 10. The number of aliphatic hydroxyl groups is 2. The van der Waals surface area contributed by atoms with Crippen molar-refractivity contribution in [1.82, 2.24) is 0 Å². The van der Waals surface area contributed by atoms with E-state index < -0.39 is 0 Å². The summed E-state index contributed by atoms with van der Waals surface area (Å²) in [7, 11) is 0. The van der Waals surface area contributed by atoms with Crippen molar-refractivity contribution in [3.8, 4) is 11.5 Å². The first-order valence-electron chi connectivity index (χ1n) is 11.1. The van der Waals surface area contributed by atoms with Crippen LogP contribution in [0.2, 0.25) is 0 Å². The Morgan fingerprint density at radius 2 is 0.906 bits per heavy atom. The van der Waals surface area contributed by atoms with Crippen LogP contribution in [-0.2, 0) is 10.8 Å². The van der Waals surface area contributed by atoms with Crippen LogP contribution >= 0.6 is 0 Å². The van der Waals surface area contributed by atoms with E-state index in [4.69, 9.17) is 19.7 Å². The lowest BCUT2D eigenvalue weighted by molar-refractivity contribution is 0.199. The van der Waals surface area contributed by atoms with Gasteiger partial charge in [0.25, 0.3) is 0 Å². The molecule has 0 spiro atoms. The van der Waals surface area contributed by atoms with E-state index in [1.165, 1.54) is 11.1 Å². The normalized spacial score (nSPS) is 11.9. The van der Waals surface area contributed by atoms with Crippen molar-refractivity contribution in [2.75, 3.05) is 26.4 Å². The van der Waals surface area contributed by atoms with Gasteiger partial charge in [-0.1, -0.05) is 88.4 Å². The monoisotopic (exact) mass is 434 g/mol. The Labute approximate surface area is 191 Å². The molecule has 4 heteroatoms. The zero-order valence-electron chi connectivity index (χ0n) is 19.5. The minimum atomic E-state index is -0.267. The average Bonchev–Trinajstić information content (AvgIpc) is 2.81. The maximum atomic E-state index is 9.16. The van der Waals surface area contributed by atoms with E-state index in [-0.39, 0.29) is 37.3 Å². The van der Waals surface area contributed by atoms with Crippen LogP contribution < -0.4 is 9.47 Å². The lowest BCUT2D eigenvalue weighted by Crippen LogP contribution is -2.23. The fourth-order valence-corrected chi connectivity index (χ4v) is 4.14. The van der Waals surface area contributed by atoms with Crippen LogP contribution in [0.5, 0.6) is 11.5 Å². The Kier molecular flexibility index (Phi) is 7.60. The molecule has 0 aromatic heterocycles. The summed E-state index contributed by atoms with van der Waals surface area (Å²) in [6.07, 6.45) is 0. The SMILES string of the molecule is CC(C)(c1ccc(C(C)(C)c2ccccc2OCCO)cc1)c1ccccc1OCCO. The fraction of sp³-hybridized carbons (Fsp3) is 0.357. The molecule has 3 aromatic rings. The molecule has 0 fully saturated rings. The molecule has 0 unspecified atom stereocenters. The van der Waals surface area contributed by atoms with Crippen molar-refractivity contribution < 1.29 is 19.7 Å². The van der Waals surface area contributed by atoms with Crippen LogP contribution in [0, 0.1) is 0 Å². The summed E-state index contributed by atoms with van der Waals surface area (Å²) in [6.45, 7) is 9.28. The fourth-order valence-electron chi connectivity index (χ4n) is 4.14. The minimum absolute atomic E-state index is 0.0119. The maximum Gasteiger partial charge on any atom is 0.123 e. The predicted molar refractivity (Wildman–Crippen MR) is 129 cm³/mol. The third-order valence-electron chi connectivity index (χ3n) is 6.15. The molecule has 0 heterocycles. The predicted octanol–water partition coefficient (Wildman–Crippen LogP) is 5.08. The summed E-state index contributed by atoms with van der Waals surface area (Å²) in [5.41, 5.74) is 4.00. The number of hydrogen-bond acceptors (Lipinski definition) is 4. The standard InChI is InChI=1S/C28H34O4/c1-27(2,23-9-5-7-11-25(23)31-19-17-29)21-13-15-22(16-14-21)28(3,4)24-10-6-8-12-26(24)32-20-18-30/h5-16,29-30H,17-20H2,1-4H3. The molecule has 3 aromatic carbocycles. The molecule has 4 nitrogen and oxygen atoms in total. The van der Waals surface area contributed by atoms with Crippen molar-refractivity contribution in [3.63, 3.8) is 0 Å². The van der Waals surface area contributed by atoms with Crippen LogP contribution in [0.4, 0.5) is 0 Å². The Bertz CT molecular complexity index is 923. The zero-order valence-corrected chi connectivity index (χ0v) is 19.5. The van der Waals surface area contributed by atoms with E-state index in [9.17, 15) is 0 Å². The lowest BCUT2D eigenvalue weighted by atomic mass is 9.74. The molecule has 0 amide bonds. The van der Waals surface area contributed by atoms with E-state index in [2.05, 4.69) is 64.1 Å². The van der Waals surface area contributed by atoms with Gasteiger partial charge in [0.05, 0.1) is 13.2 Å². The molecule has 0 aliphatic rings. The first kappa shape index (κ1) is 23.8. The molecule has 170 valence electrons. The van der Waals surface area contributed by atoms with Crippen molar-refractivity contribution >= 4 is 0 Å². The van der Waals surface area contributed by atoms with Gasteiger partial charge in [0, 0.05) is 22.0 Å². The Morgan fingerprint density at radius 1 is 0.562 bits per heavy atom. The molecular weight excluding hydrogens is 400 g/mol. The molecule has 0 aliphatic carbocycles. The smallest absolute Gasteiger partial charge is 0.123 e. The van der Waals surface area contributed by atoms with Crippen molar-refractivity contribution in [2.24, 2.45) is 0 Å². The van der Waals surface area contributed by atoms with Crippen molar-refractivity contribution in [3.05, 3.63) is 95.1 Å². The van der Waals surface area contributed by atoms with E-state index in [1.54, 1.807) is 0 Å². The molecular formula is C28H34O4. The molecule has 2 N–H and O–H groups in total. The van der Waals surface area contributed by atoms with Gasteiger partial charge in [-0.2, -0.15) is 0 Å². The number of aliphatic hydroxyl groups excluding tert-OH is 2. The molecule has 0 aliphatic heterocycles. The van der Waals surface area contributed by atoms with Crippen LogP contribution in [0.1, 0.15) is 49.9 Å². The van der Waals surface area contributed by atoms with Gasteiger partial charge in [-0.3, -0.25) is 0 Å². The molecule has 32 heavy (non-hydrogen) atoms. The summed E-state index contributed by atoms with van der Waals surface area (Å²) < 4.78 is 11.6. The van der Waals surface area contributed by atoms with E-state index in [0.717, 1.165) is 22.6 Å². The van der Waals surface area contributed by atoms with Crippen LogP contribution in [0.3, 0.4) is 0 Å². The minimum Gasteiger partial charge on any atom is -0.491 e. The number of hydrogen-bond donors (Lipinski definition) is 2. The Hall–Kier alpha value is -2.82. The Balaban J connectivity index is 1.93. The first-order valence-corrected chi connectivity index (χ1v) is 11.1. The summed E-state index contributed by atoms with van der Waals surface area (Å²) in [5, 5.41) is 18.3. The van der Waals surface area contributed by atoms with Crippen molar-refractivity contribution in [2.45, 2.75) is 38.5 Å². The molecule has 3 rings (SSSR count).